The molecule has 0 aliphatic carbocycles. The van der Waals surface area contributed by atoms with Crippen molar-refractivity contribution < 1.29 is 23.5 Å². The molecule has 2 aromatic rings. The van der Waals surface area contributed by atoms with E-state index in [0.717, 1.165) is 5.56 Å². The Morgan fingerprint density at radius 2 is 1.74 bits per heavy atom. The number of hydrogen-bond acceptors (Lipinski definition) is 5. The topological polar surface area (TPSA) is 92.9 Å². The average Bonchev–Trinajstić information content (AvgIpc) is 3.20. The van der Waals surface area contributed by atoms with Crippen molar-refractivity contribution in [2.75, 3.05) is 13.3 Å². The highest BCUT2D eigenvalue weighted by Crippen LogP contribution is 2.34. The second-order valence-corrected chi connectivity index (χ2v) is 17.1. The number of esters is 1. The second-order valence-electron chi connectivity index (χ2n) is 12.0. The minimum absolute atomic E-state index is 0.182. The van der Waals surface area contributed by atoms with E-state index in [4.69, 9.17) is 10.5 Å². The van der Waals surface area contributed by atoms with Crippen molar-refractivity contribution in [2.45, 2.75) is 71.5 Å². The molecule has 0 saturated carbocycles. The summed E-state index contributed by atoms with van der Waals surface area (Å²) in [6.45, 7) is 12.0. The van der Waals surface area contributed by atoms with Gasteiger partial charge >= 0.3 is 5.97 Å². The molecule has 9 heteroatoms. The van der Waals surface area contributed by atoms with Crippen LogP contribution >= 0.6 is 0 Å². The van der Waals surface area contributed by atoms with Gasteiger partial charge in [-0.2, -0.15) is 0 Å². The fourth-order valence-corrected chi connectivity index (χ4v) is 7.78. The molecule has 0 aromatic heterocycles. The Bertz CT molecular complexity index is 1180. The van der Waals surface area contributed by atoms with Crippen LogP contribution in [0.2, 0.25) is 19.1 Å². The van der Waals surface area contributed by atoms with E-state index in [0.29, 0.717) is 23.3 Å². The van der Waals surface area contributed by atoms with E-state index in [1.54, 1.807) is 59.2 Å². The van der Waals surface area contributed by atoms with Crippen molar-refractivity contribution in [3.8, 4) is 0 Å². The van der Waals surface area contributed by atoms with Gasteiger partial charge in [-0.25, -0.2) is 9.18 Å². The molecule has 206 valence electrons. The fraction of sp³-hybridized carbons (Fsp3) is 0.483. The van der Waals surface area contributed by atoms with Crippen LogP contribution in [0.1, 0.15) is 55.2 Å². The molecule has 38 heavy (non-hydrogen) atoms. The first-order valence-corrected chi connectivity index (χ1v) is 16.4. The summed E-state index contributed by atoms with van der Waals surface area (Å²) in [5, 5.41) is 0. The molecule has 2 N–H and O–H groups in total. The number of ether oxygens (including phenoxy) is 1. The summed E-state index contributed by atoms with van der Waals surface area (Å²) >= 11 is 0. The van der Waals surface area contributed by atoms with Gasteiger partial charge in [0.2, 0.25) is 11.8 Å². The molecule has 0 radical (unpaired) electrons. The summed E-state index contributed by atoms with van der Waals surface area (Å²) in [5.41, 5.74) is 7.46. The largest absolute Gasteiger partial charge is 0.465 e. The monoisotopic (exact) mass is 541 g/mol. The first-order chi connectivity index (χ1) is 17.7. The van der Waals surface area contributed by atoms with Crippen LogP contribution in [0.15, 0.2) is 48.5 Å². The molecule has 2 amide bonds. The summed E-state index contributed by atoms with van der Waals surface area (Å²) in [6, 6.07) is 11.8. The smallest absolute Gasteiger partial charge is 0.337 e. The third-order valence-electron chi connectivity index (χ3n) is 7.32. The molecule has 3 rings (SSSR count). The number of hydrogen-bond donors (Lipinski definition) is 1. The lowest BCUT2D eigenvalue weighted by molar-refractivity contribution is -0.147. The number of halogens is 1. The fourth-order valence-electron chi connectivity index (χ4n) is 4.91. The van der Waals surface area contributed by atoms with Crippen LogP contribution in [0.4, 0.5) is 4.39 Å². The molecule has 1 fully saturated rings. The normalized spacial score (nSPS) is 18.6. The Kier molecular flexibility index (Phi) is 8.83. The van der Waals surface area contributed by atoms with E-state index in [9.17, 15) is 18.8 Å². The number of amides is 2. The van der Waals surface area contributed by atoms with E-state index < -0.39 is 43.4 Å². The molecule has 3 atom stereocenters. The van der Waals surface area contributed by atoms with Crippen molar-refractivity contribution >= 4 is 25.9 Å². The lowest BCUT2D eigenvalue weighted by atomic mass is 9.86. The van der Waals surface area contributed by atoms with E-state index in [-0.39, 0.29) is 18.4 Å². The van der Waals surface area contributed by atoms with Crippen LogP contribution in [0, 0.1) is 11.2 Å². The van der Waals surface area contributed by atoms with E-state index in [2.05, 4.69) is 13.1 Å². The molecule has 0 unspecified atom stereocenters. The zero-order chi connectivity index (χ0) is 28.4. The van der Waals surface area contributed by atoms with Crippen LogP contribution in [0.25, 0.3) is 0 Å². The number of nitrogens with two attached hydrogens (primary N) is 1. The van der Waals surface area contributed by atoms with Crippen molar-refractivity contribution in [3.63, 3.8) is 0 Å². The number of methoxy groups -OCH3 is 1. The van der Waals surface area contributed by atoms with Gasteiger partial charge in [0.15, 0.2) is 0 Å². The minimum Gasteiger partial charge on any atom is -0.465 e. The van der Waals surface area contributed by atoms with Crippen LogP contribution in [0.3, 0.4) is 0 Å². The number of carbonyl (C=O) groups excluding carboxylic acids is 3. The van der Waals surface area contributed by atoms with Crippen molar-refractivity contribution in [1.29, 1.82) is 0 Å². The number of rotatable bonds is 7. The molecule has 0 spiro atoms. The van der Waals surface area contributed by atoms with Gasteiger partial charge in [0, 0.05) is 18.3 Å². The van der Waals surface area contributed by atoms with Gasteiger partial charge in [-0.1, -0.05) is 64.2 Å². The standard InChI is InChI=1S/C29H40FN3O4Si/c1-19(22-10-8-9-11-23(22)30)32(16-20-12-14-21(15-13-20)28(36)37-5)26(34)24-17-38(6,7)18-33(24)27(35)25(31)29(2,3)4/h8-15,19,24-25H,16-18,31H2,1-7H3/t19-,24+,25-/m1/s1. The third-order valence-corrected chi connectivity index (χ3v) is 10.0. The first kappa shape index (κ1) is 29.5. The van der Waals surface area contributed by atoms with Crippen LogP contribution in [-0.2, 0) is 20.9 Å². The summed E-state index contributed by atoms with van der Waals surface area (Å²) in [5.74, 6) is -1.31. The maximum atomic E-state index is 14.9. The highest BCUT2D eigenvalue weighted by atomic mass is 28.3. The molecular weight excluding hydrogens is 501 g/mol. The predicted octanol–water partition coefficient (Wildman–Crippen LogP) is 4.53. The van der Waals surface area contributed by atoms with Gasteiger partial charge in [-0.15, -0.1) is 0 Å². The maximum Gasteiger partial charge on any atom is 0.337 e. The molecular formula is C29H40FN3O4Si. The van der Waals surface area contributed by atoms with Crippen molar-refractivity contribution in [3.05, 3.63) is 71.0 Å². The number of carbonyl (C=O) groups is 3. The maximum absolute atomic E-state index is 14.9. The van der Waals surface area contributed by atoms with Gasteiger partial charge in [-0.3, -0.25) is 9.59 Å². The van der Waals surface area contributed by atoms with Crippen LogP contribution in [0.5, 0.6) is 0 Å². The van der Waals surface area contributed by atoms with Gasteiger partial charge in [-0.05, 0) is 42.1 Å². The number of nitrogens with zero attached hydrogens (tertiary/aromatic N) is 2. The zero-order valence-corrected chi connectivity index (χ0v) is 24.5. The van der Waals surface area contributed by atoms with E-state index in [1.807, 2.05) is 20.8 Å². The molecule has 1 aliphatic heterocycles. The number of benzene rings is 2. The van der Waals surface area contributed by atoms with Crippen LogP contribution < -0.4 is 5.73 Å². The molecule has 1 saturated heterocycles. The van der Waals surface area contributed by atoms with E-state index in [1.165, 1.54) is 13.2 Å². The zero-order valence-electron chi connectivity index (χ0n) is 23.5. The Hall–Kier alpha value is -3.04. The Balaban J connectivity index is 2.00. The molecule has 2 aromatic carbocycles. The van der Waals surface area contributed by atoms with Crippen LogP contribution in [-0.4, -0.2) is 61.0 Å². The van der Waals surface area contributed by atoms with Gasteiger partial charge < -0.3 is 20.3 Å². The molecule has 7 nitrogen and oxygen atoms in total. The SMILES string of the molecule is COC(=O)c1ccc(CN(C(=O)[C@@H]2C[Si](C)(C)CN2C(=O)[C@@H](N)C(C)(C)C)[C@H](C)c2ccccc2F)cc1. The van der Waals surface area contributed by atoms with Crippen molar-refractivity contribution in [2.24, 2.45) is 11.1 Å². The predicted molar refractivity (Wildman–Crippen MR) is 148 cm³/mol. The van der Waals surface area contributed by atoms with Gasteiger partial charge in [0.05, 0.1) is 32.8 Å². The highest BCUT2D eigenvalue weighted by Gasteiger charge is 2.48. The molecule has 0 bridgehead atoms. The van der Waals surface area contributed by atoms with Gasteiger partial charge in [0.1, 0.15) is 11.9 Å². The molecule has 1 aliphatic rings. The summed E-state index contributed by atoms with van der Waals surface area (Å²) in [6.07, 6.45) is 0.543. The summed E-state index contributed by atoms with van der Waals surface area (Å²) in [4.78, 5) is 43.0. The quantitative estimate of drug-likeness (QED) is 0.411. The lowest BCUT2D eigenvalue weighted by Crippen LogP contribution is -2.55. The molecule has 1 heterocycles. The second kappa shape index (κ2) is 11.4. The Morgan fingerprint density at radius 1 is 1.13 bits per heavy atom. The summed E-state index contributed by atoms with van der Waals surface area (Å²) < 4.78 is 19.6. The lowest BCUT2D eigenvalue weighted by Gasteiger charge is -2.37. The third kappa shape index (κ3) is 6.50. The summed E-state index contributed by atoms with van der Waals surface area (Å²) in [7, 11) is -0.590. The van der Waals surface area contributed by atoms with Crippen molar-refractivity contribution in [1.82, 2.24) is 9.80 Å². The Labute approximate surface area is 226 Å². The van der Waals surface area contributed by atoms with Gasteiger partial charge in [0.25, 0.3) is 0 Å². The average molecular weight is 542 g/mol. The van der Waals surface area contributed by atoms with E-state index >= 15 is 0 Å². The Morgan fingerprint density at radius 3 is 2.29 bits per heavy atom. The highest BCUT2D eigenvalue weighted by molar-refractivity contribution is 6.79. The first-order valence-electron chi connectivity index (χ1n) is 12.9. The minimum atomic E-state index is -1.91.